The van der Waals surface area contributed by atoms with Gasteiger partial charge in [-0.25, -0.2) is 4.98 Å². The Morgan fingerprint density at radius 2 is 1.82 bits per heavy atom. The van der Waals surface area contributed by atoms with E-state index < -0.39 is 0 Å². The van der Waals surface area contributed by atoms with E-state index in [1.165, 1.54) is 32.7 Å². The Kier molecular flexibility index (Phi) is 5.70. The molecule has 0 unspecified atom stereocenters. The van der Waals surface area contributed by atoms with Crippen LogP contribution in [-0.4, -0.2) is 36.0 Å². The summed E-state index contributed by atoms with van der Waals surface area (Å²) in [6.45, 7) is 0.148. The normalized spacial score (nSPS) is 11.3. The second kappa shape index (κ2) is 8.69. The first-order valence-electron chi connectivity index (χ1n) is 10.1. The van der Waals surface area contributed by atoms with Crippen LogP contribution in [0.3, 0.4) is 0 Å². The average molecular weight is 543 g/mol. The molecule has 1 N–H and O–H groups in total. The molecule has 0 aliphatic carbocycles. The number of rotatable bonds is 6. The lowest BCUT2D eigenvalue weighted by Gasteiger charge is -2.16. The molecule has 0 spiro atoms. The summed E-state index contributed by atoms with van der Waals surface area (Å²) in [5.74, 6) is 2.39. The molecule has 0 aliphatic heterocycles. The van der Waals surface area contributed by atoms with Gasteiger partial charge in [0.1, 0.15) is 22.2 Å². The third-order valence-electron chi connectivity index (χ3n) is 5.46. The van der Waals surface area contributed by atoms with Crippen molar-refractivity contribution in [3.63, 3.8) is 0 Å². The van der Waals surface area contributed by atoms with Crippen LogP contribution < -0.4 is 19.8 Å². The highest BCUT2D eigenvalue weighted by molar-refractivity contribution is 9.10. The van der Waals surface area contributed by atoms with Gasteiger partial charge < -0.3 is 23.7 Å². The van der Waals surface area contributed by atoms with Crippen molar-refractivity contribution in [2.45, 2.75) is 6.54 Å². The maximum absolute atomic E-state index is 13.9. The molecule has 0 bridgehead atoms. The number of halogens is 1. The topological polar surface area (TPSA) is 96.0 Å². The lowest BCUT2D eigenvalue weighted by molar-refractivity contribution is 0.324. The number of hydrogen-bond donors (Lipinski definition) is 1. The maximum Gasteiger partial charge on any atom is 0.263 e. The fraction of sp³-hybridized carbons (Fsp3) is 0.167. The molecule has 0 atom stereocenters. The molecule has 5 aromatic rings. The molecule has 10 heteroatoms. The zero-order chi connectivity index (χ0) is 24.0. The van der Waals surface area contributed by atoms with Crippen LogP contribution in [0.5, 0.6) is 23.0 Å². The van der Waals surface area contributed by atoms with Gasteiger partial charge in [0.05, 0.1) is 38.0 Å². The molecule has 0 fully saturated rings. The number of aromatic nitrogens is 2. The predicted octanol–water partition coefficient (Wildman–Crippen LogP) is 5.41. The van der Waals surface area contributed by atoms with Gasteiger partial charge in [0.25, 0.3) is 5.56 Å². The first-order chi connectivity index (χ1) is 16.4. The summed E-state index contributed by atoms with van der Waals surface area (Å²) in [5, 5.41) is 11.5. The molecular weight excluding hydrogens is 524 g/mol. The van der Waals surface area contributed by atoms with E-state index in [2.05, 4.69) is 15.9 Å². The number of phenolic OH excluding ortho intramolecular Hbond substituents is 1. The molecule has 5 rings (SSSR count). The molecule has 3 aromatic heterocycles. The van der Waals surface area contributed by atoms with Crippen LogP contribution in [-0.2, 0) is 6.54 Å². The first kappa shape index (κ1) is 22.3. The van der Waals surface area contributed by atoms with Gasteiger partial charge >= 0.3 is 0 Å². The summed E-state index contributed by atoms with van der Waals surface area (Å²) >= 11 is 4.58. The van der Waals surface area contributed by atoms with Gasteiger partial charge in [-0.1, -0.05) is 12.1 Å². The number of hydrogen-bond acceptors (Lipinski definition) is 8. The SMILES string of the molecule is COc1cc(-c2nc3sc4c(O)cccc4c3c(=O)n2Cc2ccc(Br)o2)cc(OC)c1OC. The third kappa shape index (κ3) is 3.59. The van der Waals surface area contributed by atoms with E-state index in [0.717, 1.165) is 0 Å². The Balaban J connectivity index is 1.85. The van der Waals surface area contributed by atoms with Crippen LogP contribution in [0.4, 0.5) is 0 Å². The van der Waals surface area contributed by atoms with E-state index in [0.29, 0.717) is 59.4 Å². The number of ether oxygens (including phenoxy) is 3. The molecule has 3 heterocycles. The predicted molar refractivity (Wildman–Crippen MR) is 134 cm³/mol. The van der Waals surface area contributed by atoms with E-state index in [1.54, 1.807) is 41.0 Å². The molecule has 0 amide bonds. The Morgan fingerprint density at radius 1 is 1.09 bits per heavy atom. The van der Waals surface area contributed by atoms with Gasteiger partial charge in [-0.2, -0.15) is 0 Å². The Hall–Kier alpha value is -3.50. The van der Waals surface area contributed by atoms with Crippen molar-refractivity contribution in [2.24, 2.45) is 0 Å². The van der Waals surface area contributed by atoms with Crippen molar-refractivity contribution in [1.29, 1.82) is 0 Å². The summed E-state index contributed by atoms with van der Waals surface area (Å²) in [7, 11) is 4.58. The highest BCUT2D eigenvalue weighted by Crippen LogP contribution is 2.42. The molecule has 174 valence electrons. The third-order valence-corrected chi connectivity index (χ3v) is 7.01. The van der Waals surface area contributed by atoms with Gasteiger partial charge in [0.15, 0.2) is 16.2 Å². The number of nitrogens with zero attached hydrogens (tertiary/aromatic N) is 2. The molecule has 8 nitrogen and oxygen atoms in total. The van der Waals surface area contributed by atoms with Crippen LogP contribution >= 0.6 is 27.3 Å². The minimum Gasteiger partial charge on any atom is -0.506 e. The van der Waals surface area contributed by atoms with Crippen LogP contribution in [0.15, 0.2) is 56.3 Å². The number of phenols is 1. The fourth-order valence-corrected chi connectivity index (χ4v) is 5.35. The Bertz CT molecular complexity index is 1580. The number of fused-ring (bicyclic) bond motifs is 3. The number of aromatic hydroxyl groups is 1. The monoisotopic (exact) mass is 542 g/mol. The lowest BCUT2D eigenvalue weighted by atomic mass is 10.1. The van der Waals surface area contributed by atoms with Crippen LogP contribution in [0, 0.1) is 0 Å². The maximum atomic E-state index is 13.9. The second-order valence-electron chi connectivity index (χ2n) is 7.38. The van der Waals surface area contributed by atoms with Crippen molar-refractivity contribution in [3.05, 3.63) is 63.2 Å². The van der Waals surface area contributed by atoms with Gasteiger partial charge in [0.2, 0.25) is 5.75 Å². The Labute approximate surface area is 206 Å². The van der Waals surface area contributed by atoms with Crippen molar-refractivity contribution in [3.8, 4) is 34.4 Å². The summed E-state index contributed by atoms with van der Waals surface area (Å²) in [6.07, 6.45) is 0. The minimum absolute atomic E-state index is 0.107. The molecule has 0 aliphatic rings. The van der Waals surface area contributed by atoms with Crippen molar-refractivity contribution in [1.82, 2.24) is 9.55 Å². The molecule has 2 aromatic carbocycles. The van der Waals surface area contributed by atoms with Gasteiger partial charge in [-0.05, 0) is 46.3 Å². The van der Waals surface area contributed by atoms with E-state index in [-0.39, 0.29) is 17.9 Å². The molecular formula is C24H19BrN2O6S. The summed E-state index contributed by atoms with van der Waals surface area (Å²) in [5.41, 5.74) is 0.346. The quantitative estimate of drug-likeness (QED) is 0.306. The Morgan fingerprint density at radius 3 is 2.44 bits per heavy atom. The van der Waals surface area contributed by atoms with Crippen molar-refractivity contribution in [2.75, 3.05) is 21.3 Å². The number of benzene rings is 2. The van der Waals surface area contributed by atoms with Crippen LogP contribution in [0.25, 0.3) is 31.7 Å². The molecule has 0 saturated carbocycles. The zero-order valence-corrected chi connectivity index (χ0v) is 20.8. The van der Waals surface area contributed by atoms with Gasteiger partial charge in [0, 0.05) is 10.9 Å². The summed E-state index contributed by atoms with van der Waals surface area (Å²) in [6, 6.07) is 12.2. The zero-order valence-electron chi connectivity index (χ0n) is 18.4. The highest BCUT2D eigenvalue weighted by atomic mass is 79.9. The lowest BCUT2D eigenvalue weighted by Crippen LogP contribution is -2.23. The standard InChI is InChI=1S/C24H19BrN2O6S/c1-30-16-9-12(10-17(31-2)20(16)32-3)22-26-23-19(14-5-4-6-15(28)21(14)34-23)24(29)27(22)11-13-7-8-18(25)33-13/h4-10,28H,11H2,1-3H3. The molecule has 0 saturated heterocycles. The highest BCUT2D eigenvalue weighted by Gasteiger charge is 2.22. The minimum atomic E-state index is -0.252. The van der Waals surface area contributed by atoms with Gasteiger partial charge in [-0.15, -0.1) is 11.3 Å². The van der Waals surface area contributed by atoms with E-state index in [4.69, 9.17) is 23.6 Å². The fourth-order valence-electron chi connectivity index (χ4n) is 3.93. The number of furan rings is 1. The summed E-state index contributed by atoms with van der Waals surface area (Å²) < 4.78 is 24.9. The van der Waals surface area contributed by atoms with Crippen LogP contribution in [0.2, 0.25) is 0 Å². The molecule has 0 radical (unpaired) electrons. The average Bonchev–Trinajstić information content (AvgIpc) is 3.43. The van der Waals surface area contributed by atoms with Crippen molar-refractivity contribution < 1.29 is 23.7 Å². The van der Waals surface area contributed by atoms with Crippen LogP contribution in [0.1, 0.15) is 5.76 Å². The van der Waals surface area contributed by atoms with Crippen molar-refractivity contribution >= 4 is 47.6 Å². The van der Waals surface area contributed by atoms with E-state index in [9.17, 15) is 9.90 Å². The first-order valence-corrected chi connectivity index (χ1v) is 11.8. The second-order valence-corrected chi connectivity index (χ2v) is 9.16. The smallest absolute Gasteiger partial charge is 0.263 e. The number of methoxy groups -OCH3 is 3. The molecule has 34 heavy (non-hydrogen) atoms. The van der Waals surface area contributed by atoms with Gasteiger partial charge in [-0.3, -0.25) is 9.36 Å². The largest absolute Gasteiger partial charge is 0.506 e. The summed E-state index contributed by atoms with van der Waals surface area (Å²) in [4.78, 5) is 19.2. The van der Waals surface area contributed by atoms with E-state index in [1.807, 2.05) is 6.07 Å². The van der Waals surface area contributed by atoms with E-state index >= 15 is 0 Å². The number of thiophene rings is 1.